The monoisotopic (exact) mass is 750 g/mol. The van der Waals surface area contributed by atoms with Crippen LogP contribution in [0.2, 0.25) is 0 Å². The number of hydrogen-bond donors (Lipinski definition) is 6. The molecule has 0 spiro atoms. The smallest absolute Gasteiger partial charge is 0.373 e. The Labute approximate surface area is 302 Å². The summed E-state index contributed by atoms with van der Waals surface area (Å²) in [6.45, 7) is 4.22. The number of aliphatic hydroxyl groups excluding tert-OH is 6. The van der Waals surface area contributed by atoms with Gasteiger partial charge >= 0.3 is 23.9 Å². The van der Waals surface area contributed by atoms with Gasteiger partial charge in [-0.05, 0) is 52.0 Å². The van der Waals surface area contributed by atoms with Gasteiger partial charge in [0.05, 0.1) is 59.5 Å². The van der Waals surface area contributed by atoms with Crippen molar-refractivity contribution in [2.24, 2.45) is 0 Å². The highest BCUT2D eigenvalue weighted by molar-refractivity contribution is 5.86. The van der Waals surface area contributed by atoms with Gasteiger partial charge in [-0.2, -0.15) is 0 Å². The van der Waals surface area contributed by atoms with Crippen LogP contribution in [0.4, 0.5) is 0 Å². The minimum absolute atomic E-state index is 0.0403. The first-order valence-electron chi connectivity index (χ1n) is 16.7. The van der Waals surface area contributed by atoms with E-state index < -0.39 is 77.9 Å². The van der Waals surface area contributed by atoms with Crippen LogP contribution in [0.3, 0.4) is 0 Å². The molecule has 4 unspecified atom stereocenters. The van der Waals surface area contributed by atoms with Gasteiger partial charge in [-0.3, -0.25) is 0 Å². The predicted octanol–water partition coefficient (Wildman–Crippen LogP) is 2.09. The Morgan fingerprint density at radius 3 is 1.17 bits per heavy atom. The van der Waals surface area contributed by atoms with Crippen LogP contribution in [0.5, 0.6) is 0 Å². The third-order valence-corrected chi connectivity index (χ3v) is 6.68. The first-order chi connectivity index (χ1) is 24.9. The molecule has 0 saturated carbocycles. The number of allylic oxidation sites excluding steroid dienone is 4. The van der Waals surface area contributed by atoms with Gasteiger partial charge in [0.2, 0.25) is 0 Å². The lowest BCUT2D eigenvalue weighted by Crippen LogP contribution is -2.51. The maximum atomic E-state index is 11.8. The fourth-order valence-corrected chi connectivity index (χ4v) is 3.79. The maximum Gasteiger partial charge on any atom is 0.373 e. The topological polar surface area (TPSA) is 263 Å². The van der Waals surface area contributed by atoms with E-state index in [4.69, 9.17) is 37.9 Å². The second-order valence-electron chi connectivity index (χ2n) is 10.6. The molecule has 0 aromatic carbocycles. The third-order valence-electron chi connectivity index (χ3n) is 6.68. The van der Waals surface area contributed by atoms with Crippen LogP contribution in [0.25, 0.3) is 0 Å². The summed E-state index contributed by atoms with van der Waals surface area (Å²) in [5.41, 5.74) is 0. The highest BCUT2D eigenvalue weighted by Crippen LogP contribution is 2.17. The van der Waals surface area contributed by atoms with E-state index in [0.29, 0.717) is 0 Å². The molecule has 0 aliphatic rings. The van der Waals surface area contributed by atoms with Crippen LogP contribution in [-0.2, 0) is 57.1 Å². The van der Waals surface area contributed by atoms with E-state index in [1.54, 1.807) is 0 Å². The summed E-state index contributed by atoms with van der Waals surface area (Å²) in [5.74, 6) is -5.94. The van der Waals surface area contributed by atoms with E-state index in [1.165, 1.54) is 52.0 Å². The second kappa shape index (κ2) is 29.4. The predicted molar refractivity (Wildman–Crippen MR) is 181 cm³/mol. The van der Waals surface area contributed by atoms with E-state index in [9.17, 15) is 49.8 Å². The molecule has 0 fully saturated rings. The Morgan fingerprint density at radius 2 is 0.827 bits per heavy atom. The van der Waals surface area contributed by atoms with Crippen molar-refractivity contribution in [2.45, 2.75) is 77.8 Å². The van der Waals surface area contributed by atoms with Crippen molar-refractivity contribution < 1.29 is 87.7 Å². The number of rotatable bonds is 29. The van der Waals surface area contributed by atoms with E-state index in [1.807, 2.05) is 0 Å². The van der Waals surface area contributed by atoms with Crippen molar-refractivity contribution >= 4 is 23.9 Å². The first kappa shape index (κ1) is 47.8. The number of carbonyl (C=O) groups is 4. The van der Waals surface area contributed by atoms with Crippen molar-refractivity contribution in [3.8, 4) is 0 Å². The molecule has 0 bridgehead atoms. The van der Waals surface area contributed by atoms with Gasteiger partial charge in [-0.1, -0.05) is 0 Å². The van der Waals surface area contributed by atoms with Crippen LogP contribution in [0.15, 0.2) is 47.3 Å². The van der Waals surface area contributed by atoms with Gasteiger partial charge in [0, 0.05) is 32.3 Å². The van der Waals surface area contributed by atoms with Crippen molar-refractivity contribution in [1.29, 1.82) is 0 Å². The number of esters is 4. The normalized spacial score (nSPS) is 15.0. The average Bonchev–Trinajstić information content (AvgIpc) is 3.15. The van der Waals surface area contributed by atoms with Crippen molar-refractivity contribution in [2.75, 3.05) is 66.1 Å². The van der Waals surface area contributed by atoms with E-state index >= 15 is 0 Å². The summed E-state index contributed by atoms with van der Waals surface area (Å²) in [7, 11) is 0. The molecule has 52 heavy (non-hydrogen) atoms. The van der Waals surface area contributed by atoms with E-state index in [2.05, 4.69) is 0 Å². The van der Waals surface area contributed by atoms with Crippen LogP contribution in [0.1, 0.15) is 53.4 Å². The molecular weight excluding hydrogens is 696 g/mol. The van der Waals surface area contributed by atoms with Crippen molar-refractivity contribution in [3.05, 3.63) is 47.3 Å². The quantitative estimate of drug-likeness (QED) is 0.0210. The maximum absolute atomic E-state index is 11.8. The lowest BCUT2D eigenvalue weighted by atomic mass is 10.0. The Balaban J connectivity index is 5.76. The van der Waals surface area contributed by atoms with Gasteiger partial charge in [-0.15, -0.1) is 0 Å². The summed E-state index contributed by atoms with van der Waals surface area (Å²) in [5, 5.41) is 59.3. The zero-order chi connectivity index (χ0) is 39.3. The molecule has 0 amide bonds. The summed E-state index contributed by atoms with van der Waals surface area (Å²) < 4.78 is 43.1. The molecule has 0 radical (unpaired) electrons. The summed E-state index contributed by atoms with van der Waals surface area (Å²) in [6.07, 6.45) is 0.205. The molecule has 0 aromatic heterocycles. The molecule has 0 aromatic rings. The molecule has 6 N–H and O–H groups in total. The van der Waals surface area contributed by atoms with Crippen LogP contribution >= 0.6 is 0 Å². The molecule has 18 heteroatoms. The van der Waals surface area contributed by atoms with Gasteiger partial charge in [-0.25, -0.2) is 19.2 Å². The minimum Gasteiger partial charge on any atom is -0.502 e. The zero-order valence-corrected chi connectivity index (χ0v) is 30.1. The molecular formula is C34H54O18. The molecule has 4 atom stereocenters. The Hall–Kier alpha value is -4.20. The Bertz CT molecular complexity index is 1180. The number of carbonyl (C=O) groups excluding carboxylic acids is 4. The van der Waals surface area contributed by atoms with E-state index in [0.717, 1.165) is 0 Å². The number of aliphatic hydroxyl groups is 6. The fourth-order valence-electron chi connectivity index (χ4n) is 3.79. The van der Waals surface area contributed by atoms with Crippen LogP contribution in [0, 0.1) is 0 Å². The zero-order valence-electron chi connectivity index (χ0n) is 30.1. The fraction of sp³-hybridized carbons (Fsp3) is 0.647. The van der Waals surface area contributed by atoms with Gasteiger partial charge in [0.25, 0.3) is 0 Å². The second-order valence-corrected chi connectivity index (χ2v) is 10.6. The summed E-state index contributed by atoms with van der Waals surface area (Å²) in [4.78, 5) is 46.8. The highest BCUT2D eigenvalue weighted by Gasteiger charge is 2.36. The molecule has 18 nitrogen and oxygen atoms in total. The molecule has 298 valence electrons. The average molecular weight is 751 g/mol. The molecule has 0 aliphatic heterocycles. The van der Waals surface area contributed by atoms with Crippen LogP contribution < -0.4 is 0 Å². The molecule has 0 rings (SSSR count). The number of ether oxygens (including phenoxy) is 8. The largest absolute Gasteiger partial charge is 0.502 e. The van der Waals surface area contributed by atoms with Crippen molar-refractivity contribution in [1.82, 2.24) is 0 Å². The number of hydrogen-bond acceptors (Lipinski definition) is 18. The van der Waals surface area contributed by atoms with Gasteiger partial charge < -0.3 is 68.5 Å². The molecule has 0 saturated heterocycles. The lowest BCUT2D eigenvalue weighted by molar-refractivity contribution is -0.181. The Morgan fingerprint density at radius 1 is 0.500 bits per heavy atom. The third kappa shape index (κ3) is 20.6. The lowest BCUT2D eigenvalue weighted by Gasteiger charge is -2.34. The van der Waals surface area contributed by atoms with E-state index in [-0.39, 0.29) is 85.1 Å². The molecule has 0 heterocycles. The highest BCUT2D eigenvalue weighted by atomic mass is 16.6. The Kier molecular flexibility index (Phi) is 27.0. The van der Waals surface area contributed by atoms with Crippen LogP contribution in [-0.4, -0.2) is 145 Å². The van der Waals surface area contributed by atoms with Gasteiger partial charge in [0.15, 0.2) is 23.0 Å². The minimum atomic E-state index is -1.56. The summed E-state index contributed by atoms with van der Waals surface area (Å²) in [6, 6.07) is 0. The first-order valence-corrected chi connectivity index (χ1v) is 16.7. The molecule has 0 aliphatic carbocycles. The SMILES string of the molecule is CC=C(O)C(=O)OCCCOCC(OCCCOC(=O)C(O)=CC)C(OCCCOC(=O)C(O)=CC)C(O)C(CO)OCCCOC(=O)C(O)=CC. The summed E-state index contributed by atoms with van der Waals surface area (Å²) >= 11 is 0. The van der Waals surface area contributed by atoms with Gasteiger partial charge in [0.1, 0.15) is 24.4 Å². The standard InChI is InChI=1S/C34H54O18/c1-5-23(36)31(41)49-17-9-13-45-22-28(47-15-11-19-51-33(43)25(38)7-3)30(48-16-12-20-52-34(44)26(39)8-4)29(40)27(21-35)46-14-10-18-50-32(42)24(37)6-2/h5-8,27-30,35-40H,9-22H2,1-4H3. The van der Waals surface area contributed by atoms with Crippen molar-refractivity contribution in [3.63, 3.8) is 0 Å².